The normalized spacial score (nSPS) is 18.4. The van der Waals surface area contributed by atoms with Crippen molar-refractivity contribution in [3.05, 3.63) is 82.4 Å². The summed E-state index contributed by atoms with van der Waals surface area (Å²) in [6.07, 6.45) is -3.32. The van der Waals surface area contributed by atoms with Crippen molar-refractivity contribution in [3.63, 3.8) is 0 Å². The zero-order valence-electron chi connectivity index (χ0n) is 27.8. The number of carbonyl (C=O) groups is 6. The molecule has 0 radical (unpaired) electrons. The molecule has 0 bridgehead atoms. The minimum Gasteiger partial charge on any atom is -0.325 e. The molecule has 0 saturated carbocycles. The summed E-state index contributed by atoms with van der Waals surface area (Å²) in [5.41, 5.74) is -4.13. The van der Waals surface area contributed by atoms with Gasteiger partial charge in [-0.2, -0.15) is 18.4 Å². The number of aromatic nitrogens is 1. The predicted molar refractivity (Wildman–Crippen MR) is 182 cm³/mol. The molecule has 13 nitrogen and oxygen atoms in total. The number of amides is 6. The Labute approximate surface area is 303 Å². The van der Waals surface area contributed by atoms with Crippen LogP contribution in [0.4, 0.5) is 34.6 Å². The third-order valence-electron chi connectivity index (χ3n) is 9.08. The first-order valence-corrected chi connectivity index (χ1v) is 16.5. The molecule has 1 atom stereocenters. The van der Waals surface area contributed by atoms with Crippen molar-refractivity contribution in [1.82, 2.24) is 15.2 Å². The fourth-order valence-corrected chi connectivity index (χ4v) is 7.02. The number of thiocarbonyl (C=S) groups is 1. The smallest absolute Gasteiger partial charge is 0.325 e. The second kappa shape index (κ2) is 13.5. The van der Waals surface area contributed by atoms with Gasteiger partial charge in [-0.3, -0.25) is 48.9 Å². The van der Waals surface area contributed by atoms with Crippen molar-refractivity contribution < 1.29 is 46.3 Å². The van der Waals surface area contributed by atoms with Crippen molar-refractivity contribution in [2.24, 2.45) is 0 Å². The summed E-state index contributed by atoms with van der Waals surface area (Å²) < 4.78 is 56.3. The van der Waals surface area contributed by atoms with Gasteiger partial charge >= 0.3 is 6.18 Å². The number of pyridine rings is 1. The van der Waals surface area contributed by atoms with Crippen molar-refractivity contribution in [1.29, 1.82) is 5.26 Å². The maximum Gasteiger partial charge on any atom is 0.420 e. The van der Waals surface area contributed by atoms with Gasteiger partial charge in [0.2, 0.25) is 17.7 Å². The summed E-state index contributed by atoms with van der Waals surface area (Å²) in [5.74, 6) is -5.83. The molecule has 3 aliphatic heterocycles. The highest BCUT2D eigenvalue weighted by Gasteiger charge is 2.52. The van der Waals surface area contributed by atoms with Gasteiger partial charge in [-0.05, 0) is 81.7 Å². The van der Waals surface area contributed by atoms with Crippen LogP contribution in [0.1, 0.15) is 77.1 Å². The van der Waals surface area contributed by atoms with Gasteiger partial charge in [-0.25, -0.2) is 4.39 Å². The van der Waals surface area contributed by atoms with Gasteiger partial charge in [-0.1, -0.05) is 6.07 Å². The van der Waals surface area contributed by atoms with Gasteiger partial charge in [0.05, 0.1) is 46.0 Å². The Kier molecular flexibility index (Phi) is 9.33. The van der Waals surface area contributed by atoms with Crippen molar-refractivity contribution in [2.75, 3.05) is 15.1 Å². The lowest BCUT2D eigenvalue weighted by molar-refractivity contribution is -0.140. The summed E-state index contributed by atoms with van der Waals surface area (Å²) >= 11 is 5.46. The number of benzene rings is 2. The third-order valence-corrected chi connectivity index (χ3v) is 9.45. The van der Waals surface area contributed by atoms with Crippen LogP contribution in [-0.4, -0.2) is 62.0 Å². The van der Waals surface area contributed by atoms with Crippen LogP contribution in [0.25, 0.3) is 0 Å². The fraction of sp³-hybridized carbons (Fsp3) is 0.286. The number of alkyl halides is 3. The maximum absolute atomic E-state index is 15.3. The van der Waals surface area contributed by atoms with Crippen molar-refractivity contribution in [2.45, 2.75) is 63.7 Å². The molecule has 2 saturated heterocycles. The first-order chi connectivity index (χ1) is 25.0. The summed E-state index contributed by atoms with van der Waals surface area (Å²) in [6, 6.07) is 9.33. The first kappa shape index (κ1) is 36.7. The number of fused-ring (bicyclic) bond motifs is 1. The third kappa shape index (κ3) is 6.37. The average molecular weight is 750 g/mol. The number of halogens is 4. The largest absolute Gasteiger partial charge is 0.420 e. The number of rotatable bonds is 8. The maximum atomic E-state index is 15.3. The molecule has 18 heteroatoms. The Morgan fingerprint density at radius 2 is 1.83 bits per heavy atom. The fourth-order valence-electron chi connectivity index (χ4n) is 6.51. The Balaban J connectivity index is 1.11. The Hall–Kier alpha value is -6.09. The second-order valence-corrected chi connectivity index (χ2v) is 13.2. The van der Waals surface area contributed by atoms with Crippen LogP contribution >= 0.6 is 12.2 Å². The lowest BCUT2D eigenvalue weighted by atomic mass is 10.0. The predicted octanol–water partition coefficient (Wildman–Crippen LogP) is 4.39. The van der Waals surface area contributed by atoms with E-state index < -0.39 is 75.8 Å². The Morgan fingerprint density at radius 3 is 2.47 bits per heavy atom. The minimum atomic E-state index is -5.21. The van der Waals surface area contributed by atoms with E-state index in [-0.39, 0.29) is 46.9 Å². The molecular formula is C35H27F4N7O6S. The molecule has 3 aliphatic rings. The zero-order chi connectivity index (χ0) is 38.6. The first-order valence-electron chi connectivity index (χ1n) is 16.0. The molecule has 272 valence electrons. The highest BCUT2D eigenvalue weighted by Crippen LogP contribution is 2.42. The monoisotopic (exact) mass is 749 g/mol. The average Bonchev–Trinajstić information content (AvgIpc) is 3.44. The van der Waals surface area contributed by atoms with Crippen LogP contribution < -0.4 is 20.4 Å². The van der Waals surface area contributed by atoms with Crippen LogP contribution in [0.3, 0.4) is 0 Å². The molecule has 0 aliphatic carbocycles. The van der Waals surface area contributed by atoms with E-state index in [2.05, 4.69) is 15.6 Å². The van der Waals surface area contributed by atoms with Gasteiger partial charge in [0.25, 0.3) is 17.7 Å². The summed E-state index contributed by atoms with van der Waals surface area (Å²) in [6.45, 7) is 2.91. The van der Waals surface area contributed by atoms with E-state index in [0.29, 0.717) is 23.4 Å². The van der Waals surface area contributed by atoms with Gasteiger partial charge < -0.3 is 10.2 Å². The molecule has 6 amide bonds. The number of aryl methyl sites for hydroxylation is 1. The number of nitriles is 1. The van der Waals surface area contributed by atoms with E-state index in [9.17, 15) is 41.9 Å². The molecule has 4 heterocycles. The SMILES string of the molecule is CC1(C)C(=O)N(c2ccc(C#N)c(C(F)(F)F)c2F)C(=S)N1c1ccc(CCCC(=O)Nc2cccc3c2C(=O)N(C2CCC(=O)NC2=O)C3=O)nc1. The number of piperidine rings is 1. The number of nitrogens with one attached hydrogen (secondary N) is 2. The lowest BCUT2D eigenvalue weighted by Crippen LogP contribution is -2.54. The van der Waals surface area contributed by atoms with Gasteiger partial charge in [0.15, 0.2) is 10.9 Å². The Bertz CT molecular complexity index is 2180. The Morgan fingerprint density at radius 1 is 1.09 bits per heavy atom. The van der Waals surface area contributed by atoms with Gasteiger partial charge in [0, 0.05) is 18.5 Å². The highest BCUT2D eigenvalue weighted by molar-refractivity contribution is 7.81. The second-order valence-electron chi connectivity index (χ2n) is 12.8. The highest BCUT2D eigenvalue weighted by atomic mass is 32.1. The quantitative estimate of drug-likeness (QED) is 0.191. The van der Waals surface area contributed by atoms with E-state index in [1.165, 1.54) is 49.2 Å². The van der Waals surface area contributed by atoms with Crippen LogP contribution in [-0.2, 0) is 31.8 Å². The van der Waals surface area contributed by atoms with E-state index in [1.807, 2.05) is 0 Å². The van der Waals surface area contributed by atoms with Crippen molar-refractivity contribution >= 4 is 69.8 Å². The van der Waals surface area contributed by atoms with Crippen molar-refractivity contribution in [3.8, 4) is 6.07 Å². The molecule has 3 aromatic rings. The molecule has 1 unspecified atom stereocenters. The van der Waals surface area contributed by atoms with Crippen LogP contribution in [0.15, 0.2) is 48.7 Å². The summed E-state index contributed by atoms with van der Waals surface area (Å²) in [5, 5.41) is 13.6. The molecule has 2 fully saturated rings. The zero-order valence-corrected chi connectivity index (χ0v) is 28.7. The van der Waals surface area contributed by atoms with E-state index in [0.717, 1.165) is 17.0 Å². The lowest BCUT2D eigenvalue weighted by Gasteiger charge is -2.29. The number of hydrogen-bond acceptors (Lipinski definition) is 9. The number of anilines is 3. The molecular weight excluding hydrogens is 722 g/mol. The van der Waals surface area contributed by atoms with E-state index >= 15 is 4.39 Å². The van der Waals surface area contributed by atoms with E-state index in [1.54, 1.807) is 12.1 Å². The minimum absolute atomic E-state index is 0.0142. The standard InChI is InChI=1S/C35H27F4N7O6S/c1-34(2)32(52)45(22-12-9-17(15-40)27(28(22)36)35(37,38)39)33(53)46(34)19-11-10-18(41-16-19)5-3-8-24(47)42-21-7-4-6-20-26(21)31(51)44(30(20)50)23-13-14-25(48)43-29(23)49/h4,6-7,9-12,16,23H,3,5,8,13-14H2,1-2H3,(H,42,47)(H,43,48,49). The topological polar surface area (TPSA) is 173 Å². The molecule has 6 rings (SSSR count). The molecule has 2 aromatic carbocycles. The molecule has 53 heavy (non-hydrogen) atoms. The van der Waals surface area contributed by atoms with Crippen LogP contribution in [0.2, 0.25) is 0 Å². The molecule has 2 N–H and O–H groups in total. The van der Waals surface area contributed by atoms with Gasteiger partial charge in [-0.15, -0.1) is 0 Å². The summed E-state index contributed by atoms with van der Waals surface area (Å²) in [7, 11) is 0. The van der Waals surface area contributed by atoms with Crippen LogP contribution in [0, 0.1) is 17.1 Å². The van der Waals surface area contributed by atoms with E-state index in [4.69, 9.17) is 17.5 Å². The number of nitrogens with zero attached hydrogens (tertiary/aromatic N) is 5. The molecule has 0 spiro atoms. The van der Waals surface area contributed by atoms with Crippen LogP contribution in [0.5, 0.6) is 0 Å². The number of imide groups is 2. The summed E-state index contributed by atoms with van der Waals surface area (Å²) in [4.78, 5) is 83.8. The molecule has 1 aromatic heterocycles. The number of carbonyl (C=O) groups excluding carboxylic acids is 6. The van der Waals surface area contributed by atoms with Gasteiger partial charge in [0.1, 0.15) is 17.1 Å². The number of hydrogen-bond donors (Lipinski definition) is 2.